The molecule has 1 aromatic rings. The highest BCUT2D eigenvalue weighted by Crippen LogP contribution is 2.37. The molecule has 2 aliphatic rings. The van der Waals surface area contributed by atoms with Gasteiger partial charge in [0.15, 0.2) is 5.11 Å². The van der Waals surface area contributed by atoms with E-state index < -0.39 is 28.7 Å². The van der Waals surface area contributed by atoms with Gasteiger partial charge in [0.2, 0.25) is 5.91 Å². The van der Waals surface area contributed by atoms with Crippen molar-refractivity contribution >= 4 is 34.8 Å². The monoisotopic (exact) mass is 525 g/mol. The van der Waals surface area contributed by atoms with Crippen LogP contribution in [0.15, 0.2) is 18.2 Å². The third-order valence-corrected chi connectivity index (χ3v) is 7.01. The molecule has 196 valence electrons. The Labute approximate surface area is 214 Å². The van der Waals surface area contributed by atoms with Crippen LogP contribution in [0.1, 0.15) is 37.8 Å². The standard InChI is InChI=1S/C24H30F3N5O3S/c1-23(2)21(34)32(18-6-5-17(16-28)19(15-18)24(25,26)27)22(36)31(23)9-4-8-29-10-12-30(13-11-29)20(33)7-14-35-3/h5-6,15H,4,7-14H2,1-3H3. The molecule has 2 amide bonds. The van der Waals surface area contributed by atoms with Crippen LogP contribution in [-0.4, -0.2) is 90.2 Å². The zero-order valence-corrected chi connectivity index (χ0v) is 21.4. The SMILES string of the molecule is COCCC(=O)N1CCN(CCCN2C(=S)N(c3ccc(C#N)c(C(F)(F)F)c3)C(=O)C2(C)C)CC1. The zero-order valence-electron chi connectivity index (χ0n) is 20.6. The Kier molecular flexibility index (Phi) is 8.59. The van der Waals surface area contributed by atoms with Crippen molar-refractivity contribution < 1.29 is 27.5 Å². The van der Waals surface area contributed by atoms with Gasteiger partial charge in [-0.1, -0.05) is 0 Å². The van der Waals surface area contributed by atoms with E-state index in [0.717, 1.165) is 36.7 Å². The first-order chi connectivity index (χ1) is 16.9. The van der Waals surface area contributed by atoms with Crippen molar-refractivity contribution in [3.05, 3.63) is 29.3 Å². The number of methoxy groups -OCH3 is 1. The first kappa shape index (κ1) is 27.8. The van der Waals surface area contributed by atoms with Gasteiger partial charge in [0, 0.05) is 39.8 Å². The quantitative estimate of drug-likeness (QED) is 0.483. The van der Waals surface area contributed by atoms with Crippen molar-refractivity contribution in [2.75, 3.05) is 57.9 Å². The number of halogens is 3. The molecule has 2 saturated heterocycles. The fraction of sp³-hybridized carbons (Fsp3) is 0.583. The lowest BCUT2D eigenvalue weighted by molar-refractivity contribution is -0.138. The molecule has 8 nitrogen and oxygen atoms in total. The number of hydrogen-bond acceptors (Lipinski definition) is 6. The highest BCUT2D eigenvalue weighted by Gasteiger charge is 2.49. The molecule has 0 aromatic heterocycles. The summed E-state index contributed by atoms with van der Waals surface area (Å²) in [7, 11) is 1.56. The van der Waals surface area contributed by atoms with Gasteiger partial charge in [0.05, 0.1) is 35.9 Å². The average Bonchev–Trinajstić information content (AvgIpc) is 3.01. The summed E-state index contributed by atoms with van der Waals surface area (Å²) < 4.78 is 45.3. The predicted octanol–water partition coefficient (Wildman–Crippen LogP) is 2.86. The normalized spacial score (nSPS) is 18.6. The van der Waals surface area contributed by atoms with Gasteiger partial charge in [-0.2, -0.15) is 18.4 Å². The highest BCUT2D eigenvalue weighted by molar-refractivity contribution is 7.80. The number of carbonyl (C=O) groups excluding carboxylic acids is 2. The summed E-state index contributed by atoms with van der Waals surface area (Å²) in [6.45, 7) is 7.74. The molecule has 0 atom stereocenters. The van der Waals surface area contributed by atoms with Gasteiger partial charge < -0.3 is 14.5 Å². The summed E-state index contributed by atoms with van der Waals surface area (Å²) in [6, 6.07) is 4.72. The topological polar surface area (TPSA) is 80.1 Å². The van der Waals surface area contributed by atoms with E-state index >= 15 is 0 Å². The number of ether oxygens (including phenoxy) is 1. The number of rotatable bonds is 8. The van der Waals surface area contributed by atoms with E-state index in [1.165, 1.54) is 6.07 Å². The number of alkyl halides is 3. The van der Waals surface area contributed by atoms with Gasteiger partial charge in [0.25, 0.3) is 5.91 Å². The number of thiocarbonyl (C=S) groups is 1. The molecule has 2 aliphatic heterocycles. The van der Waals surface area contributed by atoms with Gasteiger partial charge in [-0.15, -0.1) is 0 Å². The fourth-order valence-corrected chi connectivity index (χ4v) is 4.97. The van der Waals surface area contributed by atoms with Crippen LogP contribution < -0.4 is 4.90 Å². The van der Waals surface area contributed by atoms with Crippen molar-refractivity contribution in [1.29, 1.82) is 5.26 Å². The van der Waals surface area contributed by atoms with E-state index in [2.05, 4.69) is 4.90 Å². The molecule has 3 rings (SSSR count). The predicted molar refractivity (Wildman–Crippen MR) is 131 cm³/mol. The molecular formula is C24H30F3N5O3S. The second kappa shape index (κ2) is 11.1. The maximum absolute atomic E-state index is 13.5. The summed E-state index contributed by atoms with van der Waals surface area (Å²) in [5.74, 6) is -0.343. The van der Waals surface area contributed by atoms with Crippen molar-refractivity contribution in [2.24, 2.45) is 0 Å². The number of benzene rings is 1. The number of nitriles is 1. The molecule has 0 N–H and O–H groups in total. The van der Waals surface area contributed by atoms with Gasteiger partial charge in [-0.3, -0.25) is 19.4 Å². The molecule has 2 fully saturated rings. The number of amides is 2. The summed E-state index contributed by atoms with van der Waals surface area (Å²) in [4.78, 5) is 32.3. The Morgan fingerprint density at radius 3 is 2.44 bits per heavy atom. The molecular weight excluding hydrogens is 495 g/mol. The molecule has 0 radical (unpaired) electrons. The lowest BCUT2D eigenvalue weighted by Crippen LogP contribution is -2.50. The van der Waals surface area contributed by atoms with Crippen LogP contribution in [0.2, 0.25) is 0 Å². The van der Waals surface area contributed by atoms with Crippen molar-refractivity contribution in [3.63, 3.8) is 0 Å². The van der Waals surface area contributed by atoms with E-state index in [1.807, 2.05) is 4.90 Å². The molecule has 0 saturated carbocycles. The second-order valence-electron chi connectivity index (χ2n) is 9.29. The number of piperazine rings is 1. The maximum Gasteiger partial charge on any atom is 0.417 e. The van der Waals surface area contributed by atoms with E-state index in [-0.39, 0.29) is 16.7 Å². The van der Waals surface area contributed by atoms with Crippen LogP contribution in [0.25, 0.3) is 0 Å². The first-order valence-electron chi connectivity index (χ1n) is 11.7. The van der Waals surface area contributed by atoms with Crippen molar-refractivity contribution in [2.45, 2.75) is 38.4 Å². The van der Waals surface area contributed by atoms with Crippen LogP contribution >= 0.6 is 12.2 Å². The molecule has 1 aromatic carbocycles. The summed E-state index contributed by atoms with van der Waals surface area (Å²) in [5.41, 5.74) is -2.66. The molecule has 36 heavy (non-hydrogen) atoms. The van der Waals surface area contributed by atoms with Crippen molar-refractivity contribution in [3.8, 4) is 6.07 Å². The summed E-state index contributed by atoms with van der Waals surface area (Å²) in [6.07, 6.45) is -3.69. The Morgan fingerprint density at radius 2 is 1.86 bits per heavy atom. The third kappa shape index (κ3) is 5.79. The number of nitrogens with zero attached hydrogens (tertiary/aromatic N) is 5. The summed E-state index contributed by atoms with van der Waals surface area (Å²) >= 11 is 5.53. The van der Waals surface area contributed by atoms with Crippen molar-refractivity contribution in [1.82, 2.24) is 14.7 Å². The van der Waals surface area contributed by atoms with Crippen LogP contribution in [0.5, 0.6) is 0 Å². The van der Waals surface area contributed by atoms with Crippen LogP contribution in [0.3, 0.4) is 0 Å². The largest absolute Gasteiger partial charge is 0.417 e. The van der Waals surface area contributed by atoms with E-state index in [9.17, 15) is 22.8 Å². The van der Waals surface area contributed by atoms with Crippen LogP contribution in [0, 0.1) is 11.3 Å². The van der Waals surface area contributed by atoms with Gasteiger partial charge >= 0.3 is 6.18 Å². The molecule has 2 heterocycles. The highest BCUT2D eigenvalue weighted by atomic mass is 32.1. The Balaban J connectivity index is 1.63. The lowest BCUT2D eigenvalue weighted by atomic mass is 10.0. The molecule has 0 spiro atoms. The fourth-order valence-electron chi connectivity index (χ4n) is 4.46. The molecule has 0 unspecified atom stereocenters. The lowest BCUT2D eigenvalue weighted by Gasteiger charge is -2.35. The Morgan fingerprint density at radius 1 is 1.19 bits per heavy atom. The summed E-state index contributed by atoms with van der Waals surface area (Å²) in [5, 5.41) is 9.19. The third-order valence-electron chi connectivity index (χ3n) is 6.61. The van der Waals surface area contributed by atoms with Crippen LogP contribution in [-0.2, 0) is 20.5 Å². The molecule has 12 heteroatoms. The average molecular weight is 526 g/mol. The second-order valence-corrected chi connectivity index (χ2v) is 9.66. The Bertz CT molecular complexity index is 1050. The van der Waals surface area contributed by atoms with E-state index in [1.54, 1.807) is 31.9 Å². The minimum absolute atomic E-state index is 0.0128. The zero-order chi connectivity index (χ0) is 26.7. The smallest absolute Gasteiger partial charge is 0.384 e. The Hall–Kier alpha value is -2.75. The minimum atomic E-state index is -4.74. The van der Waals surface area contributed by atoms with Gasteiger partial charge in [-0.25, -0.2) is 0 Å². The maximum atomic E-state index is 13.5. The first-order valence-corrected chi connectivity index (χ1v) is 12.1. The number of anilines is 1. The molecule has 0 aliphatic carbocycles. The van der Waals surface area contributed by atoms with E-state index in [4.69, 9.17) is 22.2 Å². The molecule has 0 bridgehead atoms. The minimum Gasteiger partial charge on any atom is -0.384 e. The number of hydrogen-bond donors (Lipinski definition) is 0. The number of carbonyl (C=O) groups is 2. The van der Waals surface area contributed by atoms with Crippen LogP contribution in [0.4, 0.5) is 18.9 Å². The van der Waals surface area contributed by atoms with Gasteiger partial charge in [-0.05, 0) is 57.2 Å². The van der Waals surface area contributed by atoms with Gasteiger partial charge in [0.1, 0.15) is 5.54 Å². The van der Waals surface area contributed by atoms with E-state index in [0.29, 0.717) is 39.1 Å².